The van der Waals surface area contributed by atoms with Crippen LogP contribution >= 0.6 is 0 Å². The molecule has 1 unspecified atom stereocenters. The number of hydrogen-bond donors (Lipinski definition) is 2. The van der Waals surface area contributed by atoms with Crippen LogP contribution in [0.1, 0.15) is 23.1 Å². The Kier molecular flexibility index (Phi) is 4.11. The summed E-state index contributed by atoms with van der Waals surface area (Å²) < 4.78 is 5.32. The third-order valence-electron chi connectivity index (χ3n) is 4.19. The van der Waals surface area contributed by atoms with Crippen LogP contribution in [0.4, 0.5) is 5.69 Å². The van der Waals surface area contributed by atoms with Gasteiger partial charge in [0.05, 0.1) is 13.7 Å². The molecule has 2 N–H and O–H groups in total. The standard InChI is InChI=1S/C18H21NO2/c1-21-17-9-7-13-6-8-16(10-15(13)11-17)19-18-5-3-2-4-14(18)12-20/h2-5,7,9,11,16,19-20H,6,8,10,12H2,1H3. The van der Waals surface area contributed by atoms with Crippen LogP contribution in [0, 0.1) is 0 Å². The van der Waals surface area contributed by atoms with E-state index in [4.69, 9.17) is 4.74 Å². The minimum Gasteiger partial charge on any atom is -0.497 e. The van der Waals surface area contributed by atoms with E-state index in [9.17, 15) is 5.11 Å². The first-order chi connectivity index (χ1) is 10.3. The summed E-state index contributed by atoms with van der Waals surface area (Å²) in [6, 6.07) is 14.7. The maximum absolute atomic E-state index is 9.42. The lowest BCUT2D eigenvalue weighted by Gasteiger charge is -2.27. The van der Waals surface area contributed by atoms with Gasteiger partial charge in [-0.1, -0.05) is 24.3 Å². The first-order valence-corrected chi connectivity index (χ1v) is 7.41. The van der Waals surface area contributed by atoms with Crippen LogP contribution in [0.2, 0.25) is 0 Å². The van der Waals surface area contributed by atoms with E-state index in [0.717, 1.165) is 36.3 Å². The van der Waals surface area contributed by atoms with Crippen LogP contribution < -0.4 is 10.1 Å². The average Bonchev–Trinajstić information content (AvgIpc) is 2.54. The number of aryl methyl sites for hydroxylation is 1. The molecule has 0 aliphatic heterocycles. The molecule has 0 saturated heterocycles. The molecule has 0 saturated carbocycles. The normalized spacial score (nSPS) is 17.1. The largest absolute Gasteiger partial charge is 0.497 e. The first-order valence-electron chi connectivity index (χ1n) is 7.41. The van der Waals surface area contributed by atoms with Crippen LogP contribution in [-0.2, 0) is 19.4 Å². The summed E-state index contributed by atoms with van der Waals surface area (Å²) in [4.78, 5) is 0. The van der Waals surface area contributed by atoms with Crippen molar-refractivity contribution >= 4 is 5.69 Å². The van der Waals surface area contributed by atoms with Gasteiger partial charge in [-0.15, -0.1) is 0 Å². The zero-order valence-corrected chi connectivity index (χ0v) is 12.3. The Bertz CT molecular complexity index is 624. The van der Waals surface area contributed by atoms with E-state index in [2.05, 4.69) is 17.4 Å². The molecule has 3 heteroatoms. The number of methoxy groups -OCH3 is 1. The van der Waals surface area contributed by atoms with Crippen molar-refractivity contribution in [3.05, 3.63) is 59.2 Å². The SMILES string of the molecule is COc1ccc2c(c1)CC(Nc1ccccc1CO)CC2. The summed E-state index contributed by atoms with van der Waals surface area (Å²) >= 11 is 0. The highest BCUT2D eigenvalue weighted by Gasteiger charge is 2.19. The maximum Gasteiger partial charge on any atom is 0.119 e. The van der Waals surface area contributed by atoms with Crippen molar-refractivity contribution in [3.8, 4) is 5.75 Å². The van der Waals surface area contributed by atoms with Crippen LogP contribution in [-0.4, -0.2) is 18.3 Å². The second kappa shape index (κ2) is 6.19. The molecular weight excluding hydrogens is 262 g/mol. The fourth-order valence-corrected chi connectivity index (χ4v) is 3.00. The molecule has 3 nitrogen and oxygen atoms in total. The zero-order chi connectivity index (χ0) is 14.7. The molecular formula is C18H21NO2. The molecule has 0 fully saturated rings. The third kappa shape index (κ3) is 3.03. The van der Waals surface area contributed by atoms with Gasteiger partial charge >= 0.3 is 0 Å². The Morgan fingerprint density at radius 2 is 2.05 bits per heavy atom. The molecule has 2 aromatic rings. The van der Waals surface area contributed by atoms with Gasteiger partial charge in [0.2, 0.25) is 0 Å². The van der Waals surface area contributed by atoms with Crippen molar-refractivity contribution in [1.82, 2.24) is 0 Å². The fourth-order valence-electron chi connectivity index (χ4n) is 3.00. The molecule has 1 aliphatic carbocycles. The Morgan fingerprint density at radius 3 is 2.86 bits per heavy atom. The monoisotopic (exact) mass is 283 g/mol. The number of anilines is 1. The van der Waals surface area contributed by atoms with E-state index in [1.54, 1.807) is 7.11 Å². The van der Waals surface area contributed by atoms with Crippen molar-refractivity contribution < 1.29 is 9.84 Å². The molecule has 1 atom stereocenters. The van der Waals surface area contributed by atoms with Gasteiger partial charge < -0.3 is 15.2 Å². The number of fused-ring (bicyclic) bond motifs is 1. The molecule has 2 aromatic carbocycles. The van der Waals surface area contributed by atoms with E-state index in [0.29, 0.717) is 6.04 Å². The van der Waals surface area contributed by atoms with Gasteiger partial charge in [-0.05, 0) is 48.6 Å². The highest BCUT2D eigenvalue weighted by molar-refractivity contribution is 5.52. The lowest BCUT2D eigenvalue weighted by Crippen LogP contribution is -2.27. The van der Waals surface area contributed by atoms with Gasteiger partial charge in [0.1, 0.15) is 5.75 Å². The second-order valence-electron chi connectivity index (χ2n) is 5.53. The van der Waals surface area contributed by atoms with E-state index in [1.807, 2.05) is 30.3 Å². The van der Waals surface area contributed by atoms with Crippen molar-refractivity contribution in [2.24, 2.45) is 0 Å². The Balaban J connectivity index is 1.76. The summed E-state index contributed by atoms with van der Waals surface area (Å²) in [5.74, 6) is 0.921. The Morgan fingerprint density at radius 1 is 1.19 bits per heavy atom. The maximum atomic E-state index is 9.42. The lowest BCUT2D eigenvalue weighted by molar-refractivity contribution is 0.282. The van der Waals surface area contributed by atoms with E-state index >= 15 is 0 Å². The molecule has 0 radical (unpaired) electrons. The highest BCUT2D eigenvalue weighted by Crippen LogP contribution is 2.28. The summed E-state index contributed by atoms with van der Waals surface area (Å²) in [7, 11) is 1.71. The van der Waals surface area contributed by atoms with Crippen molar-refractivity contribution in [2.75, 3.05) is 12.4 Å². The molecule has 0 bridgehead atoms. The minimum absolute atomic E-state index is 0.0697. The quantitative estimate of drug-likeness (QED) is 0.905. The van der Waals surface area contributed by atoms with Gasteiger partial charge in [0.25, 0.3) is 0 Å². The van der Waals surface area contributed by atoms with Crippen LogP contribution in [0.25, 0.3) is 0 Å². The molecule has 0 spiro atoms. The molecule has 0 aromatic heterocycles. The predicted octanol–water partition coefficient (Wildman–Crippen LogP) is 3.16. The Labute approximate surface area is 125 Å². The molecule has 0 heterocycles. The number of rotatable bonds is 4. The average molecular weight is 283 g/mol. The summed E-state index contributed by atoms with van der Waals surface area (Å²) in [6.45, 7) is 0.0697. The number of ether oxygens (including phenoxy) is 1. The van der Waals surface area contributed by atoms with E-state index < -0.39 is 0 Å². The Hall–Kier alpha value is -2.00. The molecule has 0 amide bonds. The molecule has 1 aliphatic rings. The summed E-state index contributed by atoms with van der Waals surface area (Å²) in [5, 5.41) is 13.0. The van der Waals surface area contributed by atoms with Crippen LogP contribution in [0.3, 0.4) is 0 Å². The lowest BCUT2D eigenvalue weighted by atomic mass is 9.88. The number of para-hydroxylation sites is 1. The van der Waals surface area contributed by atoms with Crippen molar-refractivity contribution in [1.29, 1.82) is 0 Å². The van der Waals surface area contributed by atoms with E-state index in [1.165, 1.54) is 11.1 Å². The van der Waals surface area contributed by atoms with Crippen LogP contribution in [0.15, 0.2) is 42.5 Å². The number of benzene rings is 2. The number of aliphatic hydroxyl groups excluding tert-OH is 1. The fraction of sp³-hybridized carbons (Fsp3) is 0.333. The van der Waals surface area contributed by atoms with Crippen LogP contribution in [0.5, 0.6) is 5.75 Å². The van der Waals surface area contributed by atoms with Gasteiger partial charge in [-0.3, -0.25) is 0 Å². The molecule has 21 heavy (non-hydrogen) atoms. The first kappa shape index (κ1) is 14.0. The van der Waals surface area contributed by atoms with Gasteiger partial charge in [-0.2, -0.15) is 0 Å². The second-order valence-corrected chi connectivity index (χ2v) is 5.53. The highest BCUT2D eigenvalue weighted by atomic mass is 16.5. The van der Waals surface area contributed by atoms with Gasteiger partial charge in [0, 0.05) is 17.3 Å². The van der Waals surface area contributed by atoms with Crippen molar-refractivity contribution in [2.45, 2.75) is 31.9 Å². The summed E-state index contributed by atoms with van der Waals surface area (Å²) in [6.07, 6.45) is 3.18. The molecule has 110 valence electrons. The number of nitrogens with one attached hydrogen (secondary N) is 1. The topological polar surface area (TPSA) is 41.5 Å². The summed E-state index contributed by atoms with van der Waals surface area (Å²) in [5.41, 5.74) is 4.77. The minimum atomic E-state index is 0.0697. The van der Waals surface area contributed by atoms with Crippen molar-refractivity contribution in [3.63, 3.8) is 0 Å². The van der Waals surface area contributed by atoms with Gasteiger partial charge in [0.15, 0.2) is 0 Å². The molecule has 3 rings (SSSR count). The smallest absolute Gasteiger partial charge is 0.119 e. The number of hydrogen-bond acceptors (Lipinski definition) is 3. The zero-order valence-electron chi connectivity index (χ0n) is 12.3. The van der Waals surface area contributed by atoms with Gasteiger partial charge in [-0.25, -0.2) is 0 Å². The third-order valence-corrected chi connectivity index (χ3v) is 4.19. The predicted molar refractivity (Wildman–Crippen MR) is 84.8 cm³/mol. The number of aliphatic hydroxyl groups is 1. The van der Waals surface area contributed by atoms with E-state index in [-0.39, 0.29) is 6.61 Å².